The highest BCUT2D eigenvalue weighted by atomic mass is 32.2. The van der Waals surface area contributed by atoms with Gasteiger partial charge in [0.05, 0.1) is 30.7 Å². The summed E-state index contributed by atoms with van der Waals surface area (Å²) < 4.78 is 6.90. The Morgan fingerprint density at radius 3 is 2.77 bits per heavy atom. The quantitative estimate of drug-likeness (QED) is 0.236. The van der Waals surface area contributed by atoms with Crippen LogP contribution in [0.4, 0.5) is 11.5 Å². The van der Waals surface area contributed by atoms with Crippen LogP contribution in [0.2, 0.25) is 0 Å². The molecular formula is C24H31N7O3S. The molecule has 1 aromatic carbocycles. The molecule has 1 fully saturated rings. The molecule has 10 nitrogen and oxygen atoms in total. The van der Waals surface area contributed by atoms with Crippen LogP contribution in [0.25, 0.3) is 11.0 Å². The number of methoxy groups -OCH3 is 1. The number of nitrogens with one attached hydrogen (secondary N) is 2. The van der Waals surface area contributed by atoms with E-state index >= 15 is 0 Å². The van der Waals surface area contributed by atoms with E-state index in [2.05, 4.69) is 32.6 Å². The second kappa shape index (κ2) is 11.5. The van der Waals surface area contributed by atoms with Gasteiger partial charge in [0, 0.05) is 38.9 Å². The van der Waals surface area contributed by atoms with Gasteiger partial charge in [0.15, 0.2) is 10.8 Å². The van der Waals surface area contributed by atoms with E-state index in [1.165, 1.54) is 0 Å². The molecule has 0 aliphatic carbocycles. The largest absolute Gasteiger partial charge is 0.383 e. The Morgan fingerprint density at radius 1 is 1.23 bits per heavy atom. The average Bonchev–Trinajstić information content (AvgIpc) is 3.44. The number of rotatable bonds is 11. The highest BCUT2D eigenvalue weighted by Gasteiger charge is 2.34. The fourth-order valence-electron chi connectivity index (χ4n) is 3.99. The van der Waals surface area contributed by atoms with Crippen LogP contribution in [0.1, 0.15) is 18.9 Å². The molecule has 4 rings (SSSR count). The molecule has 1 atom stereocenters. The molecule has 35 heavy (non-hydrogen) atoms. The number of thioether (sulfide) groups is 1. The molecule has 1 unspecified atom stereocenters. The molecule has 0 spiro atoms. The number of fused-ring (bicyclic) bond motifs is 1. The second-order valence-electron chi connectivity index (χ2n) is 8.34. The molecule has 1 aliphatic rings. The molecule has 2 aromatic heterocycles. The standard InChI is InChI=1S/C24H31N7O3S/c1-4-35-24-28-21(25-10-12-34-3)19-14-27-31(22(19)29-24)11-9-26-23(33)17-13-20(32)30(15-17)18-7-5-16(2)6-8-18/h5-8,14,17H,4,9-13,15H2,1-3H3,(H,26,33)(H,25,28,29). The van der Waals surface area contributed by atoms with E-state index in [9.17, 15) is 9.59 Å². The first-order valence-corrected chi connectivity index (χ1v) is 12.7. The number of benzene rings is 1. The molecule has 2 amide bonds. The Kier molecular flexibility index (Phi) is 8.19. The van der Waals surface area contributed by atoms with Gasteiger partial charge < -0.3 is 20.3 Å². The Hall–Kier alpha value is -3.18. The molecule has 186 valence electrons. The number of hydrogen-bond donors (Lipinski definition) is 2. The Bertz CT molecular complexity index is 1180. The van der Waals surface area contributed by atoms with Crippen molar-refractivity contribution in [2.75, 3.05) is 49.3 Å². The van der Waals surface area contributed by atoms with E-state index in [1.807, 2.05) is 31.2 Å². The summed E-state index contributed by atoms with van der Waals surface area (Å²) in [7, 11) is 1.66. The topological polar surface area (TPSA) is 114 Å². The normalized spacial score (nSPS) is 15.7. The monoisotopic (exact) mass is 497 g/mol. The van der Waals surface area contributed by atoms with Crippen LogP contribution in [-0.2, 0) is 20.9 Å². The maximum atomic E-state index is 12.8. The summed E-state index contributed by atoms with van der Waals surface area (Å²) in [4.78, 5) is 36.2. The SMILES string of the molecule is CCSc1nc(NCCOC)c2cnn(CCNC(=O)C3CC(=O)N(c4ccc(C)cc4)C3)c2n1. The summed E-state index contributed by atoms with van der Waals surface area (Å²) in [6.45, 7) is 6.48. The third kappa shape index (κ3) is 5.91. The minimum atomic E-state index is -0.371. The van der Waals surface area contributed by atoms with Crippen molar-refractivity contribution in [1.29, 1.82) is 0 Å². The Balaban J connectivity index is 1.38. The van der Waals surface area contributed by atoms with Gasteiger partial charge in [0.1, 0.15) is 5.82 Å². The van der Waals surface area contributed by atoms with Crippen molar-refractivity contribution in [3.05, 3.63) is 36.0 Å². The molecule has 3 aromatic rings. The molecule has 2 N–H and O–H groups in total. The lowest BCUT2D eigenvalue weighted by Crippen LogP contribution is -2.35. The summed E-state index contributed by atoms with van der Waals surface area (Å²) >= 11 is 1.56. The van der Waals surface area contributed by atoms with Crippen molar-refractivity contribution >= 4 is 46.1 Å². The van der Waals surface area contributed by atoms with Gasteiger partial charge in [0.25, 0.3) is 0 Å². The number of aryl methyl sites for hydroxylation is 1. The predicted octanol–water partition coefficient (Wildman–Crippen LogP) is 2.47. The molecule has 11 heteroatoms. The van der Waals surface area contributed by atoms with Crippen LogP contribution in [0.15, 0.2) is 35.6 Å². The number of carbonyl (C=O) groups excluding carboxylic acids is 2. The minimum Gasteiger partial charge on any atom is -0.383 e. The zero-order valence-corrected chi connectivity index (χ0v) is 21.1. The number of hydrogen-bond acceptors (Lipinski definition) is 8. The molecule has 1 aliphatic heterocycles. The Labute approximate surface area is 208 Å². The maximum absolute atomic E-state index is 12.8. The lowest BCUT2D eigenvalue weighted by Gasteiger charge is -2.17. The van der Waals surface area contributed by atoms with Crippen LogP contribution in [0.3, 0.4) is 0 Å². The third-order valence-electron chi connectivity index (χ3n) is 5.81. The van der Waals surface area contributed by atoms with Crippen molar-refractivity contribution in [3.8, 4) is 0 Å². The molecule has 1 saturated heterocycles. The van der Waals surface area contributed by atoms with E-state index in [0.717, 1.165) is 28.2 Å². The minimum absolute atomic E-state index is 0.0294. The number of carbonyl (C=O) groups is 2. The summed E-state index contributed by atoms with van der Waals surface area (Å²) in [5, 5.41) is 12.2. The smallest absolute Gasteiger partial charge is 0.227 e. The van der Waals surface area contributed by atoms with Gasteiger partial charge in [-0.25, -0.2) is 14.6 Å². The van der Waals surface area contributed by atoms with Crippen LogP contribution in [0, 0.1) is 12.8 Å². The number of ether oxygens (including phenoxy) is 1. The number of nitrogens with zero attached hydrogens (tertiary/aromatic N) is 5. The average molecular weight is 498 g/mol. The first-order chi connectivity index (χ1) is 17.0. The molecular weight excluding hydrogens is 466 g/mol. The van der Waals surface area contributed by atoms with Gasteiger partial charge in [0.2, 0.25) is 11.8 Å². The van der Waals surface area contributed by atoms with Gasteiger partial charge >= 0.3 is 0 Å². The molecule has 3 heterocycles. The first kappa shape index (κ1) is 24.9. The van der Waals surface area contributed by atoms with Crippen LogP contribution in [0.5, 0.6) is 0 Å². The van der Waals surface area contributed by atoms with E-state index in [1.54, 1.807) is 34.7 Å². The van der Waals surface area contributed by atoms with Crippen LogP contribution in [-0.4, -0.2) is 70.7 Å². The zero-order chi connectivity index (χ0) is 24.8. The van der Waals surface area contributed by atoms with Crippen molar-refractivity contribution < 1.29 is 14.3 Å². The summed E-state index contributed by atoms with van der Waals surface area (Å²) in [6, 6.07) is 7.77. The summed E-state index contributed by atoms with van der Waals surface area (Å²) in [5.41, 5.74) is 2.67. The van der Waals surface area contributed by atoms with Gasteiger partial charge in [-0.15, -0.1) is 0 Å². The highest BCUT2D eigenvalue weighted by Crippen LogP contribution is 2.26. The second-order valence-corrected chi connectivity index (χ2v) is 9.58. The van der Waals surface area contributed by atoms with E-state index in [-0.39, 0.29) is 24.2 Å². The number of amides is 2. The van der Waals surface area contributed by atoms with Crippen LogP contribution >= 0.6 is 11.8 Å². The number of anilines is 2. The van der Waals surface area contributed by atoms with Gasteiger partial charge in [-0.3, -0.25) is 9.59 Å². The fourth-order valence-corrected chi connectivity index (χ4v) is 4.55. The molecule has 0 bridgehead atoms. The van der Waals surface area contributed by atoms with Crippen molar-refractivity contribution in [2.24, 2.45) is 5.92 Å². The van der Waals surface area contributed by atoms with Gasteiger partial charge in [-0.1, -0.05) is 36.4 Å². The summed E-state index contributed by atoms with van der Waals surface area (Å²) in [5.74, 6) is 1.05. The molecule has 0 radical (unpaired) electrons. The van der Waals surface area contributed by atoms with Gasteiger partial charge in [-0.05, 0) is 24.8 Å². The molecule has 0 saturated carbocycles. The number of aromatic nitrogens is 4. The lowest BCUT2D eigenvalue weighted by molar-refractivity contribution is -0.126. The predicted molar refractivity (Wildman–Crippen MR) is 137 cm³/mol. The van der Waals surface area contributed by atoms with E-state index in [0.29, 0.717) is 43.6 Å². The highest BCUT2D eigenvalue weighted by molar-refractivity contribution is 7.99. The van der Waals surface area contributed by atoms with Crippen molar-refractivity contribution in [2.45, 2.75) is 32.0 Å². The zero-order valence-electron chi connectivity index (χ0n) is 20.3. The van der Waals surface area contributed by atoms with Gasteiger partial charge in [-0.2, -0.15) is 5.10 Å². The van der Waals surface area contributed by atoms with E-state index in [4.69, 9.17) is 4.74 Å². The fraction of sp³-hybridized carbons (Fsp3) is 0.458. The first-order valence-electron chi connectivity index (χ1n) is 11.7. The maximum Gasteiger partial charge on any atom is 0.227 e. The lowest BCUT2D eigenvalue weighted by atomic mass is 10.1. The van der Waals surface area contributed by atoms with Crippen molar-refractivity contribution in [1.82, 2.24) is 25.1 Å². The van der Waals surface area contributed by atoms with Crippen molar-refractivity contribution in [3.63, 3.8) is 0 Å². The summed E-state index contributed by atoms with van der Waals surface area (Å²) in [6.07, 6.45) is 1.95. The third-order valence-corrected chi connectivity index (χ3v) is 6.54. The van der Waals surface area contributed by atoms with Crippen LogP contribution < -0.4 is 15.5 Å². The van der Waals surface area contributed by atoms with E-state index < -0.39 is 0 Å². The Morgan fingerprint density at radius 2 is 2.03 bits per heavy atom.